The molecule has 1 aliphatic heterocycles. The van der Waals surface area contributed by atoms with Gasteiger partial charge in [-0.05, 0) is 124 Å². The predicted molar refractivity (Wildman–Crippen MR) is 430 cm³/mol. The van der Waals surface area contributed by atoms with E-state index in [0.29, 0.717) is 34.0 Å². The van der Waals surface area contributed by atoms with Gasteiger partial charge in [-0.2, -0.15) is 0 Å². The highest BCUT2D eigenvalue weighted by Crippen LogP contribution is 2.22. The zero-order chi connectivity index (χ0) is 83.6. The number of carbonyl (C=O) groups excluding carboxylic acids is 12. The predicted octanol–water partition coefficient (Wildman–Crippen LogP) is -2.62. The van der Waals surface area contributed by atoms with Crippen LogP contribution in [0.15, 0.2) is 97.2 Å². The second-order valence-electron chi connectivity index (χ2n) is 27.9. The molecule has 1 fully saturated rings. The number of hydrogen-bond acceptors (Lipinski definition) is 17. The summed E-state index contributed by atoms with van der Waals surface area (Å²) >= 11 is 0. The number of aromatic nitrogens is 1. The number of aromatic amines is 1. The number of amides is 12. The lowest BCUT2D eigenvalue weighted by atomic mass is 9.99. The molecule has 12 amide bonds. The molecule has 1 aliphatic rings. The number of fused-ring (bicyclic) bond motifs is 2. The molecule has 0 saturated carbocycles. The number of para-hydroxylation sites is 1. The summed E-state index contributed by atoms with van der Waals surface area (Å²) < 4.78 is 14.6. The molecule has 4 aromatic carbocycles. The van der Waals surface area contributed by atoms with E-state index in [0.717, 1.165) is 29.8 Å². The minimum absolute atomic E-state index is 0. The molecule has 1 saturated heterocycles. The zero-order valence-corrected chi connectivity index (χ0v) is 63.9. The number of primary amides is 1. The largest absolute Gasteiger partial charge is 0.391 e. The van der Waals surface area contributed by atoms with Crippen molar-refractivity contribution < 1.29 is 67.0 Å². The molecule has 0 aliphatic carbocycles. The molecule has 12 atom stereocenters. The molecule has 38 nitrogen and oxygen atoms in total. The number of nitrogens with two attached hydrogens (primary N) is 5. The molecule has 0 radical (unpaired) electrons. The van der Waals surface area contributed by atoms with Crippen LogP contribution in [0, 0.1) is 27.5 Å². The third-order valence-electron chi connectivity index (χ3n) is 18.7. The van der Waals surface area contributed by atoms with Gasteiger partial charge >= 0.3 is 0 Å². The first kappa shape index (κ1) is 92.9. The van der Waals surface area contributed by atoms with E-state index in [1.807, 2.05) is 18.2 Å². The monoisotopic (exact) mass is 1600 g/mol. The van der Waals surface area contributed by atoms with Crippen LogP contribution in [-0.4, -0.2) is 204 Å². The second kappa shape index (κ2) is 47.0. The fourth-order valence-electron chi connectivity index (χ4n) is 12.5. The molecule has 1 aromatic heterocycles. The second-order valence-corrected chi connectivity index (χ2v) is 27.9. The fraction of sp³-hybridized carbons (Fsp3) is 0.474. The molecule has 5 aromatic rings. The number of halogens is 1. The molecule has 2 heterocycles. The van der Waals surface area contributed by atoms with Crippen LogP contribution < -0.4 is 108 Å². The quantitative estimate of drug-likeness (QED) is 0.0132. The van der Waals surface area contributed by atoms with Crippen molar-refractivity contribution in [1.82, 2.24) is 84.7 Å². The molecule has 31 N–H and O–H groups in total. The van der Waals surface area contributed by atoms with Crippen molar-refractivity contribution >= 4 is 116 Å². The van der Waals surface area contributed by atoms with Crippen molar-refractivity contribution in [2.45, 2.75) is 203 Å². The third-order valence-corrected chi connectivity index (χ3v) is 18.7. The number of rotatable bonds is 29. The first-order valence-corrected chi connectivity index (χ1v) is 37.7. The number of aliphatic hydroxyl groups excluding tert-OH is 1. The lowest BCUT2D eigenvalue weighted by Gasteiger charge is -2.29. The first-order chi connectivity index (χ1) is 54.3. The van der Waals surface area contributed by atoms with E-state index >= 15 is 24.0 Å². The van der Waals surface area contributed by atoms with Crippen LogP contribution in [0.1, 0.15) is 128 Å². The Balaban J connectivity index is 0.0000236. The van der Waals surface area contributed by atoms with Gasteiger partial charge in [0.25, 0.3) is 0 Å². The van der Waals surface area contributed by atoms with E-state index in [2.05, 4.69) is 84.7 Å². The maximum absolute atomic E-state index is 15.4. The summed E-state index contributed by atoms with van der Waals surface area (Å²) in [6.45, 7) is 4.08. The lowest BCUT2D eigenvalue weighted by molar-refractivity contribution is -0.137. The van der Waals surface area contributed by atoms with Crippen LogP contribution in [0.4, 0.5) is 4.39 Å². The lowest BCUT2D eigenvalue weighted by Crippen LogP contribution is -2.62. The molecular weight excluding hydrogens is 1490 g/mol. The number of nitrogens with one attached hydrogen (secondary N) is 20. The molecule has 0 bridgehead atoms. The minimum atomic E-state index is -1.89. The number of H-pyrrole nitrogens is 1. The van der Waals surface area contributed by atoms with Gasteiger partial charge in [-0.15, -0.1) is 0 Å². The van der Waals surface area contributed by atoms with Crippen molar-refractivity contribution in [2.75, 3.05) is 26.2 Å². The van der Waals surface area contributed by atoms with Gasteiger partial charge in [-0.3, -0.25) is 79.2 Å². The minimum Gasteiger partial charge on any atom is -0.391 e. The average molecular weight is 1600 g/mol. The molecule has 626 valence electrons. The Morgan fingerprint density at radius 2 is 0.791 bits per heavy atom. The van der Waals surface area contributed by atoms with Gasteiger partial charge in [0.05, 0.1) is 6.10 Å². The summed E-state index contributed by atoms with van der Waals surface area (Å²) in [6, 6.07) is 6.35. The zero-order valence-electron chi connectivity index (χ0n) is 63.9. The topological polar surface area (TPSA) is 647 Å². The Kier molecular flexibility index (Phi) is 37.9. The maximum Gasteiger partial charge on any atom is 0.245 e. The van der Waals surface area contributed by atoms with Crippen molar-refractivity contribution in [3.8, 4) is 0 Å². The van der Waals surface area contributed by atoms with E-state index in [1.165, 1.54) is 19.1 Å². The average Bonchev–Trinajstić information content (AvgIpc) is 1.71. The molecular formula is C76H112FN25O13. The van der Waals surface area contributed by atoms with Crippen LogP contribution in [0.3, 0.4) is 0 Å². The van der Waals surface area contributed by atoms with E-state index in [9.17, 15) is 43.1 Å². The Morgan fingerprint density at radius 1 is 0.435 bits per heavy atom. The van der Waals surface area contributed by atoms with E-state index < -0.39 is 186 Å². The summed E-state index contributed by atoms with van der Waals surface area (Å²) in [5.41, 5.74) is 29.9. The number of aliphatic hydroxyl groups is 1. The molecule has 0 spiro atoms. The van der Waals surface area contributed by atoms with E-state index in [-0.39, 0.29) is 117 Å². The van der Waals surface area contributed by atoms with Crippen molar-refractivity contribution in [2.24, 2.45) is 28.7 Å². The van der Waals surface area contributed by atoms with Crippen LogP contribution >= 0.6 is 0 Å². The van der Waals surface area contributed by atoms with Gasteiger partial charge in [-0.25, -0.2) is 4.39 Å². The highest BCUT2D eigenvalue weighted by atomic mass is 19.1. The summed E-state index contributed by atoms with van der Waals surface area (Å²) in [6.07, 6.45) is -2.39. The van der Waals surface area contributed by atoms with Gasteiger partial charge in [0.2, 0.25) is 70.9 Å². The molecule has 39 heteroatoms. The number of guanidine groups is 4. The highest BCUT2D eigenvalue weighted by molar-refractivity contribution is 6.01. The molecule has 6 rings (SSSR count). The smallest absolute Gasteiger partial charge is 0.245 e. The number of carbonyl (C=O) groups is 12. The SMILES string of the molecule is C.CCCC[C@H]1NC(=O)[C@H](Cc2ccc(F)cc2)NC(=O)[C@H](CCCNC(=N)N)NC(=O)[C@@H](Cc2ccc3ccccc3c2)NC(=O)[C@H](CCCNC(=N)N)NC(=O)[C@H](CCCNC(=N)N)NC(=O)[C@H](CCCNC(=N)N)NC(=O)[C@@H](C)NC(=O)[C@H]([C@@H](C)O)NC(=O)[C@H](Cc2c[nH]c3ccccc23)NC(=O)[C@H](CCC(N)=O)NC1=O. The Bertz CT molecular complexity index is 4220. The number of hydrogen-bond donors (Lipinski definition) is 26. The van der Waals surface area contributed by atoms with Crippen LogP contribution in [0.25, 0.3) is 21.7 Å². The van der Waals surface area contributed by atoms with E-state index in [1.54, 1.807) is 61.7 Å². The summed E-state index contributed by atoms with van der Waals surface area (Å²) in [4.78, 5) is 180. The Morgan fingerprint density at radius 3 is 1.22 bits per heavy atom. The van der Waals surface area contributed by atoms with Crippen molar-refractivity contribution in [3.05, 3.63) is 120 Å². The number of unbranched alkanes of at least 4 members (excludes halogenated alkanes) is 1. The van der Waals surface area contributed by atoms with Gasteiger partial charge in [0, 0.05) is 69.0 Å². The summed E-state index contributed by atoms with van der Waals surface area (Å²) in [7, 11) is 0. The van der Waals surface area contributed by atoms with Crippen molar-refractivity contribution in [3.63, 3.8) is 0 Å². The van der Waals surface area contributed by atoms with Crippen molar-refractivity contribution in [1.29, 1.82) is 21.6 Å². The molecule has 0 unspecified atom stereocenters. The van der Waals surface area contributed by atoms with E-state index in [4.69, 9.17) is 50.3 Å². The van der Waals surface area contributed by atoms with Gasteiger partial charge in [0.15, 0.2) is 23.8 Å². The highest BCUT2D eigenvalue weighted by Gasteiger charge is 2.39. The van der Waals surface area contributed by atoms with Crippen LogP contribution in [0.2, 0.25) is 0 Å². The van der Waals surface area contributed by atoms with Gasteiger partial charge in [-0.1, -0.05) is 100.0 Å². The Labute approximate surface area is 665 Å². The van der Waals surface area contributed by atoms with Crippen LogP contribution in [0.5, 0.6) is 0 Å². The molecule has 115 heavy (non-hydrogen) atoms. The third kappa shape index (κ3) is 31.4. The summed E-state index contributed by atoms with van der Waals surface area (Å²) in [5, 5.41) is 84.0. The fourth-order valence-corrected chi connectivity index (χ4v) is 12.5. The summed E-state index contributed by atoms with van der Waals surface area (Å²) in [5.74, 6) is -14.6. The Hall–Kier alpha value is -12.7. The van der Waals surface area contributed by atoms with Gasteiger partial charge < -0.3 is 119 Å². The normalized spacial score (nSPS) is 21.9. The standard InChI is InChI=1S/C75H108FN25O13.CH4/c1-4-5-17-50-62(105)97-55(29-30-59(77)103)67(110)100-58(38-46-39-90-49-18-9-8-16-48(46)49)70(113)101-60(41(3)102)71(114)91-40(2)61(104)92-51(19-10-31-86-72(78)79)63(106)93-52(20-11-32-87-73(80)81)64(107)94-53(21-12-33-88-74(82)83)65(108)99-57(37-43-23-26-44-14-6-7-15-45(44)35-43)69(112)96-54(22-13-34-89-75(84)85)66(109)98-56(68(111)95-50)36-42-24-27-47(76)28-25-42;/h6-9,14-16,18,23-28,35,39-41,50-58,60,90,102H,4-5,10-13,17,19-22,29-34,36-38H2,1-3H3,(H2,77,103)(H,91,114)(H,92,104)(H,93,106)(H,94,107)(H,95,111)(H,96,112)(H,97,105)(H,98,109)(H,99,108)(H,100,110)(H,101,113)(H4,78,79,86)(H4,80,81,87)(H4,82,83,88)(H4,84,85,89);1H4/t40-,41-,50-,51+,52+,53+,54+,55+,56+,57-,58+,60+;/m1./s1. The number of benzene rings is 4. The van der Waals surface area contributed by atoms with Crippen LogP contribution in [-0.2, 0) is 76.8 Å². The maximum atomic E-state index is 15.4. The van der Waals surface area contributed by atoms with Gasteiger partial charge in [0.1, 0.15) is 72.3 Å². The first-order valence-electron chi connectivity index (χ1n) is 37.7.